The van der Waals surface area contributed by atoms with Crippen molar-refractivity contribution in [2.75, 3.05) is 11.6 Å². The molecule has 0 saturated carbocycles. The summed E-state index contributed by atoms with van der Waals surface area (Å²) < 4.78 is 26.9. The van der Waals surface area contributed by atoms with Crippen LogP contribution in [-0.4, -0.2) is 30.6 Å². The van der Waals surface area contributed by atoms with Crippen LogP contribution in [-0.2, 0) is 16.4 Å². The number of aryl methyl sites for hydroxylation is 1. The molecule has 1 rings (SSSR count). The van der Waals surface area contributed by atoms with Gasteiger partial charge >= 0.3 is 0 Å². The first-order valence-corrected chi connectivity index (χ1v) is 8.57. The standard InChI is InChI=1S/C13H21ClN2O2S/c1-3-13(2,8-9-14)16-19(17,18)11-7-12-6-4-5-10-15-12/h4-6,10,16H,3,7-9,11H2,1-2H3. The third-order valence-corrected chi connectivity index (χ3v) is 4.92. The predicted molar refractivity (Wildman–Crippen MR) is 78.9 cm³/mol. The smallest absolute Gasteiger partial charge is 0.212 e. The third kappa shape index (κ3) is 5.89. The van der Waals surface area contributed by atoms with Crippen LogP contribution in [0.4, 0.5) is 0 Å². The first-order valence-electron chi connectivity index (χ1n) is 6.38. The van der Waals surface area contributed by atoms with Crippen LogP contribution in [0, 0.1) is 0 Å². The van der Waals surface area contributed by atoms with Crippen molar-refractivity contribution in [2.45, 2.75) is 38.6 Å². The number of rotatable bonds is 8. The lowest BCUT2D eigenvalue weighted by Gasteiger charge is -2.28. The maximum atomic E-state index is 12.1. The van der Waals surface area contributed by atoms with Gasteiger partial charge < -0.3 is 0 Å². The molecule has 0 bridgehead atoms. The average molecular weight is 305 g/mol. The minimum absolute atomic E-state index is 0.0435. The van der Waals surface area contributed by atoms with Gasteiger partial charge in [0.15, 0.2) is 0 Å². The summed E-state index contributed by atoms with van der Waals surface area (Å²) in [6.45, 7) is 3.83. The van der Waals surface area contributed by atoms with Crippen LogP contribution in [0.1, 0.15) is 32.4 Å². The molecule has 1 atom stereocenters. The van der Waals surface area contributed by atoms with Crippen LogP contribution in [0.5, 0.6) is 0 Å². The molecule has 1 aromatic heterocycles. The Morgan fingerprint density at radius 1 is 1.42 bits per heavy atom. The van der Waals surface area contributed by atoms with Crippen LogP contribution in [0.3, 0.4) is 0 Å². The summed E-state index contributed by atoms with van der Waals surface area (Å²) in [5.41, 5.74) is 0.313. The van der Waals surface area contributed by atoms with Gasteiger partial charge in [-0.05, 0) is 31.9 Å². The molecule has 1 heterocycles. The fraction of sp³-hybridized carbons (Fsp3) is 0.615. The molecule has 1 aromatic rings. The van der Waals surface area contributed by atoms with Gasteiger partial charge in [-0.2, -0.15) is 0 Å². The van der Waals surface area contributed by atoms with Gasteiger partial charge in [-0.15, -0.1) is 11.6 Å². The van der Waals surface area contributed by atoms with Gasteiger partial charge in [-0.1, -0.05) is 13.0 Å². The number of pyridine rings is 1. The molecule has 0 aromatic carbocycles. The number of hydrogen-bond donors (Lipinski definition) is 1. The van der Waals surface area contributed by atoms with E-state index in [1.165, 1.54) is 0 Å². The summed E-state index contributed by atoms with van der Waals surface area (Å²) in [6.07, 6.45) is 3.41. The van der Waals surface area contributed by atoms with Gasteiger partial charge in [0.25, 0.3) is 0 Å². The van der Waals surface area contributed by atoms with E-state index in [4.69, 9.17) is 11.6 Å². The molecule has 0 spiro atoms. The number of nitrogens with one attached hydrogen (secondary N) is 1. The second kappa shape index (κ2) is 7.22. The molecule has 19 heavy (non-hydrogen) atoms. The molecule has 1 unspecified atom stereocenters. The van der Waals surface area contributed by atoms with Crippen molar-refractivity contribution in [3.63, 3.8) is 0 Å². The summed E-state index contributed by atoms with van der Waals surface area (Å²) in [4.78, 5) is 4.12. The van der Waals surface area contributed by atoms with Crippen molar-refractivity contribution in [2.24, 2.45) is 0 Å². The average Bonchev–Trinajstić information content (AvgIpc) is 2.37. The van der Waals surface area contributed by atoms with E-state index in [-0.39, 0.29) is 5.75 Å². The molecular weight excluding hydrogens is 284 g/mol. The van der Waals surface area contributed by atoms with Crippen LogP contribution >= 0.6 is 11.6 Å². The van der Waals surface area contributed by atoms with Gasteiger partial charge in [-0.3, -0.25) is 4.98 Å². The Bertz CT molecular complexity index is 479. The summed E-state index contributed by atoms with van der Waals surface area (Å²) in [5, 5.41) is 0. The van der Waals surface area contributed by atoms with Crippen molar-refractivity contribution in [3.05, 3.63) is 30.1 Å². The van der Waals surface area contributed by atoms with Crippen LogP contribution in [0.25, 0.3) is 0 Å². The Kier molecular flexibility index (Phi) is 6.23. The minimum atomic E-state index is -3.32. The summed E-state index contributed by atoms with van der Waals surface area (Å²) in [7, 11) is -3.32. The van der Waals surface area contributed by atoms with E-state index in [1.807, 2.05) is 32.0 Å². The van der Waals surface area contributed by atoms with Crippen LogP contribution < -0.4 is 4.72 Å². The van der Waals surface area contributed by atoms with Crippen molar-refractivity contribution in [1.29, 1.82) is 0 Å². The Morgan fingerprint density at radius 2 is 2.16 bits per heavy atom. The van der Waals surface area contributed by atoms with E-state index < -0.39 is 15.6 Å². The summed E-state index contributed by atoms with van der Waals surface area (Å²) in [6, 6.07) is 5.49. The number of aromatic nitrogens is 1. The number of alkyl halides is 1. The molecule has 0 saturated heterocycles. The molecule has 0 fully saturated rings. The molecule has 108 valence electrons. The van der Waals surface area contributed by atoms with E-state index >= 15 is 0 Å². The highest BCUT2D eigenvalue weighted by Crippen LogP contribution is 2.17. The highest BCUT2D eigenvalue weighted by Gasteiger charge is 2.27. The molecule has 1 N–H and O–H groups in total. The van der Waals surface area contributed by atoms with Gasteiger partial charge in [-0.25, -0.2) is 13.1 Å². The van der Waals surface area contributed by atoms with Crippen molar-refractivity contribution in [1.82, 2.24) is 9.71 Å². The van der Waals surface area contributed by atoms with Crippen LogP contribution in [0.2, 0.25) is 0 Å². The van der Waals surface area contributed by atoms with E-state index in [1.54, 1.807) is 6.20 Å². The van der Waals surface area contributed by atoms with Gasteiger partial charge in [0.1, 0.15) is 0 Å². The van der Waals surface area contributed by atoms with Gasteiger partial charge in [0, 0.05) is 29.7 Å². The second-order valence-corrected chi connectivity index (χ2v) is 7.07. The molecule has 0 aliphatic heterocycles. The normalized spacial score (nSPS) is 15.1. The van der Waals surface area contributed by atoms with Crippen molar-refractivity contribution >= 4 is 21.6 Å². The van der Waals surface area contributed by atoms with E-state index in [2.05, 4.69) is 9.71 Å². The van der Waals surface area contributed by atoms with E-state index in [0.29, 0.717) is 25.1 Å². The quantitative estimate of drug-likeness (QED) is 0.750. The fourth-order valence-corrected chi connectivity index (χ4v) is 3.71. The molecule has 0 radical (unpaired) electrons. The molecular formula is C13H21ClN2O2S. The zero-order valence-electron chi connectivity index (χ0n) is 11.4. The number of hydrogen-bond acceptors (Lipinski definition) is 3. The molecule has 0 aliphatic carbocycles. The van der Waals surface area contributed by atoms with E-state index in [0.717, 1.165) is 5.69 Å². The molecule has 6 heteroatoms. The fourth-order valence-electron chi connectivity index (χ4n) is 1.72. The Morgan fingerprint density at radius 3 is 2.68 bits per heavy atom. The predicted octanol–water partition coefficient (Wildman–Crippen LogP) is 2.34. The lowest BCUT2D eigenvalue weighted by atomic mass is 9.97. The zero-order valence-corrected chi connectivity index (χ0v) is 13.0. The Balaban J connectivity index is 2.61. The lowest BCUT2D eigenvalue weighted by Crippen LogP contribution is -2.46. The third-order valence-electron chi connectivity index (χ3n) is 3.18. The van der Waals surface area contributed by atoms with Crippen LogP contribution in [0.15, 0.2) is 24.4 Å². The monoisotopic (exact) mass is 304 g/mol. The minimum Gasteiger partial charge on any atom is -0.261 e. The highest BCUT2D eigenvalue weighted by atomic mass is 35.5. The second-order valence-electron chi connectivity index (χ2n) is 4.85. The Labute approximate surface area is 120 Å². The topological polar surface area (TPSA) is 59.1 Å². The SMILES string of the molecule is CCC(C)(CCCl)NS(=O)(=O)CCc1ccccn1. The van der Waals surface area contributed by atoms with Crippen molar-refractivity contribution in [3.8, 4) is 0 Å². The van der Waals surface area contributed by atoms with Gasteiger partial charge in [0.2, 0.25) is 10.0 Å². The largest absolute Gasteiger partial charge is 0.261 e. The lowest BCUT2D eigenvalue weighted by molar-refractivity contribution is 0.390. The first kappa shape index (κ1) is 16.4. The first-order chi connectivity index (χ1) is 8.91. The summed E-state index contributed by atoms with van der Waals surface area (Å²) in [5.74, 6) is 0.481. The molecule has 0 amide bonds. The number of halogens is 1. The molecule has 0 aliphatic rings. The maximum absolute atomic E-state index is 12.1. The van der Waals surface area contributed by atoms with Gasteiger partial charge in [0.05, 0.1) is 5.75 Å². The maximum Gasteiger partial charge on any atom is 0.212 e. The number of sulfonamides is 1. The molecule has 4 nitrogen and oxygen atoms in total. The van der Waals surface area contributed by atoms with E-state index in [9.17, 15) is 8.42 Å². The Hall–Kier alpha value is -0.650. The summed E-state index contributed by atoms with van der Waals surface area (Å²) >= 11 is 5.72. The highest BCUT2D eigenvalue weighted by molar-refractivity contribution is 7.89. The zero-order chi connectivity index (χ0) is 14.4. The number of nitrogens with zero attached hydrogens (tertiary/aromatic N) is 1. The van der Waals surface area contributed by atoms with Crippen molar-refractivity contribution < 1.29 is 8.42 Å².